The van der Waals surface area contributed by atoms with Gasteiger partial charge in [-0.25, -0.2) is 4.39 Å². The van der Waals surface area contributed by atoms with Gasteiger partial charge in [-0.3, -0.25) is 14.9 Å². The number of ether oxygens (including phenoxy) is 1. The van der Waals surface area contributed by atoms with E-state index in [1.165, 1.54) is 30.6 Å². The van der Waals surface area contributed by atoms with Gasteiger partial charge in [0.05, 0.1) is 11.7 Å². The number of rotatable bonds is 4. The lowest BCUT2D eigenvalue weighted by Gasteiger charge is -2.21. The van der Waals surface area contributed by atoms with Crippen LogP contribution >= 0.6 is 0 Å². The molecular formula is C24H17F4N5O2. The minimum absolute atomic E-state index is 0.00495. The third kappa shape index (κ3) is 3.14. The zero-order valence-corrected chi connectivity index (χ0v) is 18.0. The molecule has 35 heavy (non-hydrogen) atoms. The molecule has 178 valence electrons. The number of hydrogen-bond acceptors (Lipinski definition) is 5. The van der Waals surface area contributed by atoms with Gasteiger partial charge in [-0.05, 0) is 42.7 Å². The molecule has 2 aromatic carbocycles. The zero-order chi connectivity index (χ0) is 24.5. The number of aromatic nitrogens is 4. The molecule has 6 rings (SSSR count). The highest BCUT2D eigenvalue weighted by Gasteiger charge is 2.63. The molecule has 0 saturated heterocycles. The number of nitrogens with two attached hydrogens (primary N) is 1. The van der Waals surface area contributed by atoms with Crippen LogP contribution in [0.2, 0.25) is 0 Å². The first-order chi connectivity index (χ1) is 16.7. The van der Waals surface area contributed by atoms with Crippen LogP contribution < -0.4 is 16.0 Å². The Morgan fingerprint density at radius 1 is 1.11 bits per heavy atom. The van der Waals surface area contributed by atoms with Gasteiger partial charge in [0.2, 0.25) is 0 Å². The fourth-order valence-corrected chi connectivity index (χ4v) is 4.49. The molecule has 0 atom stereocenters. The van der Waals surface area contributed by atoms with E-state index in [0.717, 1.165) is 0 Å². The molecule has 1 aliphatic rings. The minimum Gasteiger partial charge on any atom is -0.490 e. The van der Waals surface area contributed by atoms with Gasteiger partial charge in [0.25, 0.3) is 5.56 Å². The number of fused-ring (bicyclic) bond motifs is 4. The maximum absolute atomic E-state index is 14.3. The third-order valence-electron chi connectivity index (χ3n) is 6.67. The van der Waals surface area contributed by atoms with Crippen molar-refractivity contribution in [2.45, 2.75) is 19.0 Å². The van der Waals surface area contributed by atoms with Gasteiger partial charge in [-0.2, -0.15) is 18.3 Å². The largest absolute Gasteiger partial charge is 0.490 e. The van der Waals surface area contributed by atoms with Crippen molar-refractivity contribution in [1.82, 2.24) is 20.2 Å². The Kier molecular flexibility index (Phi) is 4.38. The highest BCUT2D eigenvalue weighted by Crippen LogP contribution is 2.57. The molecule has 4 N–H and O–H groups in total. The number of hydrogen-bond donors (Lipinski definition) is 3. The van der Waals surface area contributed by atoms with E-state index in [9.17, 15) is 22.4 Å². The number of benzene rings is 2. The van der Waals surface area contributed by atoms with E-state index in [0.29, 0.717) is 38.3 Å². The van der Waals surface area contributed by atoms with Crippen LogP contribution in [-0.4, -0.2) is 32.9 Å². The monoisotopic (exact) mass is 483 g/mol. The van der Waals surface area contributed by atoms with E-state index in [1.54, 1.807) is 12.1 Å². The summed E-state index contributed by atoms with van der Waals surface area (Å²) in [5, 5.41) is 7.78. The summed E-state index contributed by atoms with van der Waals surface area (Å²) in [6.07, 6.45) is -1.48. The summed E-state index contributed by atoms with van der Waals surface area (Å²) in [7, 11) is 0. The second kappa shape index (κ2) is 7.17. The number of nitrogen functional groups attached to an aromatic ring is 1. The van der Waals surface area contributed by atoms with Crippen LogP contribution in [0.3, 0.4) is 0 Å². The van der Waals surface area contributed by atoms with Crippen molar-refractivity contribution in [2.24, 2.45) is 5.41 Å². The number of nitrogens with one attached hydrogen (secondary N) is 2. The molecule has 1 saturated carbocycles. The normalized spacial score (nSPS) is 15.2. The topological polar surface area (TPSA) is 110 Å². The molecule has 5 aromatic rings. The quantitative estimate of drug-likeness (QED) is 0.245. The van der Waals surface area contributed by atoms with Crippen LogP contribution in [0.5, 0.6) is 5.75 Å². The summed E-state index contributed by atoms with van der Waals surface area (Å²) >= 11 is 0. The number of pyridine rings is 2. The first-order valence-electron chi connectivity index (χ1n) is 10.7. The van der Waals surface area contributed by atoms with Crippen molar-refractivity contribution in [3.05, 3.63) is 58.9 Å². The number of halogens is 4. The summed E-state index contributed by atoms with van der Waals surface area (Å²) in [6.45, 7) is -0.551. The molecule has 0 radical (unpaired) electrons. The van der Waals surface area contributed by atoms with Crippen LogP contribution in [0.4, 0.5) is 23.2 Å². The molecule has 0 amide bonds. The van der Waals surface area contributed by atoms with Crippen molar-refractivity contribution < 1.29 is 22.3 Å². The predicted octanol–water partition coefficient (Wildman–Crippen LogP) is 5.06. The van der Waals surface area contributed by atoms with Crippen LogP contribution in [0.15, 0.2) is 47.5 Å². The fraction of sp³-hybridized carbons (Fsp3) is 0.208. The van der Waals surface area contributed by atoms with Crippen molar-refractivity contribution in [1.29, 1.82) is 0 Å². The number of H-pyrrole nitrogens is 2. The first-order valence-corrected chi connectivity index (χ1v) is 10.7. The summed E-state index contributed by atoms with van der Waals surface area (Å²) in [5.74, 6) is -0.406. The van der Waals surface area contributed by atoms with E-state index in [-0.39, 0.29) is 29.8 Å². The molecule has 1 fully saturated rings. The lowest BCUT2D eigenvalue weighted by atomic mass is 9.95. The number of nitrogens with zero attached hydrogens (tertiary/aromatic N) is 2. The van der Waals surface area contributed by atoms with Gasteiger partial charge in [-0.1, -0.05) is 6.07 Å². The van der Waals surface area contributed by atoms with E-state index < -0.39 is 29.6 Å². The molecule has 3 aromatic heterocycles. The lowest BCUT2D eigenvalue weighted by molar-refractivity contribution is -0.194. The molecule has 3 heterocycles. The van der Waals surface area contributed by atoms with Gasteiger partial charge in [-0.15, -0.1) is 0 Å². The van der Waals surface area contributed by atoms with Crippen LogP contribution in [0.25, 0.3) is 43.8 Å². The highest BCUT2D eigenvalue weighted by atomic mass is 19.4. The summed E-state index contributed by atoms with van der Waals surface area (Å²) in [5.41, 5.74) is 5.18. The summed E-state index contributed by atoms with van der Waals surface area (Å²) < 4.78 is 60.6. The second-order valence-corrected chi connectivity index (χ2v) is 8.76. The molecule has 0 spiro atoms. The average molecular weight is 483 g/mol. The molecule has 7 nitrogen and oxygen atoms in total. The van der Waals surface area contributed by atoms with Crippen molar-refractivity contribution >= 4 is 38.4 Å². The Hall–Kier alpha value is -4.15. The average Bonchev–Trinajstić information content (AvgIpc) is 3.47. The molecule has 1 aliphatic carbocycles. The van der Waals surface area contributed by atoms with Crippen LogP contribution in [0.1, 0.15) is 12.8 Å². The number of aromatic amines is 2. The summed E-state index contributed by atoms with van der Waals surface area (Å²) in [4.78, 5) is 19.9. The van der Waals surface area contributed by atoms with E-state index in [4.69, 9.17) is 10.5 Å². The predicted molar refractivity (Wildman–Crippen MR) is 123 cm³/mol. The smallest absolute Gasteiger partial charge is 0.397 e. The molecule has 11 heteroatoms. The maximum Gasteiger partial charge on any atom is 0.397 e. The number of alkyl halides is 3. The van der Waals surface area contributed by atoms with E-state index in [1.807, 2.05) is 0 Å². The number of anilines is 1. The molecule has 0 aliphatic heterocycles. The van der Waals surface area contributed by atoms with E-state index in [2.05, 4.69) is 20.2 Å². The lowest BCUT2D eigenvalue weighted by Crippen LogP contribution is -2.30. The Morgan fingerprint density at radius 2 is 1.91 bits per heavy atom. The molecule has 0 bridgehead atoms. The van der Waals surface area contributed by atoms with Gasteiger partial charge in [0.15, 0.2) is 0 Å². The highest BCUT2D eigenvalue weighted by molar-refractivity contribution is 6.15. The van der Waals surface area contributed by atoms with Gasteiger partial charge in [0, 0.05) is 27.9 Å². The van der Waals surface area contributed by atoms with Gasteiger partial charge in [0.1, 0.15) is 40.3 Å². The molecule has 0 unspecified atom stereocenters. The third-order valence-corrected chi connectivity index (χ3v) is 6.67. The Morgan fingerprint density at radius 3 is 2.66 bits per heavy atom. The van der Waals surface area contributed by atoms with Crippen LogP contribution in [-0.2, 0) is 0 Å². The zero-order valence-electron chi connectivity index (χ0n) is 18.0. The van der Waals surface area contributed by atoms with E-state index >= 15 is 0 Å². The van der Waals surface area contributed by atoms with Crippen molar-refractivity contribution in [2.75, 3.05) is 12.3 Å². The summed E-state index contributed by atoms with van der Waals surface area (Å²) in [6, 6.07) is 7.55. The SMILES string of the molecule is Nc1c(-c2ccc(F)c3[nH]ncc23)c2cc(OCC3(C(F)(F)F)CC3)c3ncccc3c2[nH]c1=O. The first kappa shape index (κ1) is 21.4. The molecular weight excluding hydrogens is 466 g/mol. The second-order valence-electron chi connectivity index (χ2n) is 8.76. The van der Waals surface area contributed by atoms with Crippen molar-refractivity contribution in [3.63, 3.8) is 0 Å². The standard InChI is InChI=1S/C24H17F4N5O2/c25-15-4-3-11(14-9-31-33-20(14)15)17-13-8-16(35-10-23(5-6-23)24(26,27)28)21-12(2-1-7-30-21)19(13)32-22(34)18(17)29/h1-4,7-9H,5-6,10,29H2,(H,31,33)(H,32,34). The van der Waals surface area contributed by atoms with Gasteiger partial charge < -0.3 is 15.5 Å². The van der Waals surface area contributed by atoms with Crippen molar-refractivity contribution in [3.8, 4) is 16.9 Å². The fourth-order valence-electron chi connectivity index (χ4n) is 4.49. The Bertz CT molecular complexity index is 1700. The Labute approximate surface area is 193 Å². The maximum atomic E-state index is 14.3. The Balaban J connectivity index is 1.63. The van der Waals surface area contributed by atoms with Gasteiger partial charge >= 0.3 is 6.18 Å². The van der Waals surface area contributed by atoms with Crippen LogP contribution in [0, 0.1) is 11.2 Å². The minimum atomic E-state index is -4.38.